The highest BCUT2D eigenvalue weighted by Crippen LogP contribution is 2.12. The van der Waals surface area contributed by atoms with E-state index in [1.54, 1.807) is 12.1 Å². The molecule has 1 amide bonds. The third-order valence-corrected chi connectivity index (χ3v) is 2.51. The van der Waals surface area contributed by atoms with Gasteiger partial charge in [-0.15, -0.1) is 0 Å². The third kappa shape index (κ3) is 3.10. The van der Waals surface area contributed by atoms with Crippen molar-refractivity contribution >= 4 is 12.0 Å². The van der Waals surface area contributed by atoms with Gasteiger partial charge in [0, 0.05) is 17.8 Å². The van der Waals surface area contributed by atoms with Crippen LogP contribution in [-0.4, -0.2) is 11.1 Å². The summed E-state index contributed by atoms with van der Waals surface area (Å²) in [5.41, 5.74) is 7.95. The van der Waals surface area contributed by atoms with Gasteiger partial charge in [0.2, 0.25) is 5.91 Å². The SMILES string of the molecule is Cc1cc(/C=C/C(=O)NC2=C(N)CCC=C2)on1. The van der Waals surface area contributed by atoms with Crippen LogP contribution in [0.1, 0.15) is 24.3 Å². The number of carbonyl (C=O) groups is 1. The van der Waals surface area contributed by atoms with E-state index in [1.807, 2.05) is 19.1 Å². The lowest BCUT2D eigenvalue weighted by Crippen LogP contribution is -2.23. The lowest BCUT2D eigenvalue weighted by Gasteiger charge is -2.11. The minimum absolute atomic E-state index is 0.242. The van der Waals surface area contributed by atoms with Crippen LogP contribution in [0.15, 0.2) is 40.2 Å². The van der Waals surface area contributed by atoms with Crippen molar-refractivity contribution in [2.24, 2.45) is 5.73 Å². The first-order valence-corrected chi connectivity index (χ1v) is 5.72. The average Bonchev–Trinajstić information content (AvgIpc) is 2.76. The predicted molar refractivity (Wildman–Crippen MR) is 68.0 cm³/mol. The summed E-state index contributed by atoms with van der Waals surface area (Å²) < 4.78 is 4.96. The molecule has 94 valence electrons. The molecule has 18 heavy (non-hydrogen) atoms. The number of hydrogen-bond acceptors (Lipinski definition) is 4. The molecule has 5 heteroatoms. The second kappa shape index (κ2) is 5.35. The number of carbonyl (C=O) groups excluding carboxylic acids is 1. The Labute approximate surface area is 105 Å². The van der Waals surface area contributed by atoms with E-state index < -0.39 is 0 Å². The highest BCUT2D eigenvalue weighted by molar-refractivity contribution is 5.92. The van der Waals surface area contributed by atoms with Crippen LogP contribution in [0, 0.1) is 6.92 Å². The molecular weight excluding hydrogens is 230 g/mol. The van der Waals surface area contributed by atoms with Gasteiger partial charge in [-0.05, 0) is 31.9 Å². The molecule has 1 heterocycles. The summed E-state index contributed by atoms with van der Waals surface area (Å²) in [6.45, 7) is 1.82. The topological polar surface area (TPSA) is 81.2 Å². The standard InChI is InChI=1S/C13H15N3O2/c1-9-8-10(18-16-9)6-7-13(17)15-12-5-3-2-4-11(12)14/h3,5-8H,2,4,14H2,1H3,(H,15,17)/b7-6+. The Kier molecular flexibility index (Phi) is 3.62. The summed E-state index contributed by atoms with van der Waals surface area (Å²) in [6, 6.07) is 1.75. The highest BCUT2D eigenvalue weighted by atomic mass is 16.5. The van der Waals surface area contributed by atoms with Gasteiger partial charge >= 0.3 is 0 Å². The van der Waals surface area contributed by atoms with Gasteiger partial charge in [0.1, 0.15) is 0 Å². The van der Waals surface area contributed by atoms with E-state index in [4.69, 9.17) is 10.3 Å². The molecule has 0 atom stereocenters. The van der Waals surface area contributed by atoms with Crippen LogP contribution in [0.3, 0.4) is 0 Å². The van der Waals surface area contributed by atoms with Crippen molar-refractivity contribution in [1.29, 1.82) is 0 Å². The first-order chi connectivity index (χ1) is 8.65. The lowest BCUT2D eigenvalue weighted by molar-refractivity contribution is -0.115. The number of nitrogens with zero attached hydrogens (tertiary/aromatic N) is 1. The minimum atomic E-state index is -0.242. The number of aromatic nitrogens is 1. The smallest absolute Gasteiger partial charge is 0.248 e. The van der Waals surface area contributed by atoms with E-state index in [0.29, 0.717) is 17.2 Å². The molecule has 5 nitrogen and oxygen atoms in total. The monoisotopic (exact) mass is 245 g/mol. The Bertz CT molecular complexity index is 538. The quantitative estimate of drug-likeness (QED) is 0.793. The maximum absolute atomic E-state index is 11.7. The minimum Gasteiger partial charge on any atom is -0.400 e. The van der Waals surface area contributed by atoms with Crippen molar-refractivity contribution in [2.75, 3.05) is 0 Å². The molecule has 0 unspecified atom stereocenters. The second-order valence-electron chi connectivity index (χ2n) is 4.07. The van der Waals surface area contributed by atoms with E-state index in [0.717, 1.165) is 18.5 Å². The molecule has 0 aromatic carbocycles. The first-order valence-electron chi connectivity index (χ1n) is 5.72. The summed E-state index contributed by atoms with van der Waals surface area (Å²) in [4.78, 5) is 11.7. The van der Waals surface area contributed by atoms with E-state index >= 15 is 0 Å². The summed E-state index contributed by atoms with van der Waals surface area (Å²) in [5.74, 6) is 0.303. The molecule has 0 saturated carbocycles. The van der Waals surface area contributed by atoms with Crippen LogP contribution < -0.4 is 11.1 Å². The number of nitrogens with one attached hydrogen (secondary N) is 1. The second-order valence-corrected chi connectivity index (χ2v) is 4.07. The van der Waals surface area contributed by atoms with E-state index in [-0.39, 0.29) is 5.91 Å². The maximum Gasteiger partial charge on any atom is 0.248 e. The fourth-order valence-electron chi connectivity index (χ4n) is 1.60. The number of aryl methyl sites for hydroxylation is 1. The molecule has 1 aliphatic carbocycles. The van der Waals surface area contributed by atoms with Crippen LogP contribution >= 0.6 is 0 Å². The molecule has 0 bridgehead atoms. The fraction of sp³-hybridized carbons (Fsp3) is 0.231. The van der Waals surface area contributed by atoms with Crippen molar-refractivity contribution in [3.8, 4) is 0 Å². The molecule has 0 fully saturated rings. The molecule has 1 aromatic heterocycles. The average molecular weight is 245 g/mol. The molecule has 2 rings (SSSR count). The van der Waals surface area contributed by atoms with Crippen molar-refractivity contribution < 1.29 is 9.32 Å². The van der Waals surface area contributed by atoms with Gasteiger partial charge in [0.15, 0.2) is 5.76 Å². The number of hydrogen-bond donors (Lipinski definition) is 2. The number of nitrogens with two attached hydrogens (primary N) is 1. The predicted octanol–water partition coefficient (Wildman–Crippen LogP) is 1.63. The Morgan fingerprint density at radius 3 is 3.11 bits per heavy atom. The zero-order chi connectivity index (χ0) is 13.0. The maximum atomic E-state index is 11.7. The van der Waals surface area contributed by atoms with Gasteiger partial charge in [-0.1, -0.05) is 11.2 Å². The molecule has 0 saturated heterocycles. The zero-order valence-corrected chi connectivity index (χ0v) is 10.1. The normalized spacial score (nSPS) is 15.4. The molecule has 1 aliphatic rings. The molecule has 0 spiro atoms. The zero-order valence-electron chi connectivity index (χ0n) is 10.1. The van der Waals surface area contributed by atoms with Gasteiger partial charge in [-0.2, -0.15) is 0 Å². The number of amides is 1. The summed E-state index contributed by atoms with van der Waals surface area (Å²) >= 11 is 0. The van der Waals surface area contributed by atoms with Crippen molar-refractivity contribution in [2.45, 2.75) is 19.8 Å². The van der Waals surface area contributed by atoms with Gasteiger partial charge in [0.25, 0.3) is 0 Å². The Balaban J connectivity index is 1.97. The van der Waals surface area contributed by atoms with Crippen LogP contribution in [0.25, 0.3) is 6.08 Å². The third-order valence-electron chi connectivity index (χ3n) is 2.51. The Morgan fingerprint density at radius 2 is 2.44 bits per heavy atom. The van der Waals surface area contributed by atoms with Gasteiger partial charge in [-0.3, -0.25) is 4.79 Å². The van der Waals surface area contributed by atoms with Crippen LogP contribution in [-0.2, 0) is 4.79 Å². The number of allylic oxidation sites excluding steroid dienone is 3. The molecule has 0 radical (unpaired) electrons. The van der Waals surface area contributed by atoms with Crippen LogP contribution in [0.5, 0.6) is 0 Å². The van der Waals surface area contributed by atoms with Crippen LogP contribution in [0.2, 0.25) is 0 Å². The first kappa shape index (κ1) is 12.2. The van der Waals surface area contributed by atoms with Crippen molar-refractivity contribution in [1.82, 2.24) is 10.5 Å². The summed E-state index contributed by atoms with van der Waals surface area (Å²) in [5, 5.41) is 6.45. The Hall–Kier alpha value is -2.30. The lowest BCUT2D eigenvalue weighted by atomic mass is 10.1. The van der Waals surface area contributed by atoms with Crippen molar-refractivity contribution in [3.05, 3.63) is 47.1 Å². The molecule has 3 N–H and O–H groups in total. The van der Waals surface area contributed by atoms with Crippen LogP contribution in [0.4, 0.5) is 0 Å². The fourth-order valence-corrected chi connectivity index (χ4v) is 1.60. The highest BCUT2D eigenvalue weighted by Gasteiger charge is 2.07. The molecular formula is C13H15N3O2. The molecule has 0 aliphatic heterocycles. The number of rotatable bonds is 3. The van der Waals surface area contributed by atoms with E-state index in [1.165, 1.54) is 6.08 Å². The van der Waals surface area contributed by atoms with Crippen molar-refractivity contribution in [3.63, 3.8) is 0 Å². The van der Waals surface area contributed by atoms with Gasteiger partial charge in [0.05, 0.1) is 11.4 Å². The van der Waals surface area contributed by atoms with E-state index in [2.05, 4.69) is 10.5 Å². The Morgan fingerprint density at radius 1 is 1.61 bits per heavy atom. The van der Waals surface area contributed by atoms with E-state index in [9.17, 15) is 4.79 Å². The largest absolute Gasteiger partial charge is 0.400 e. The van der Waals surface area contributed by atoms with Gasteiger partial charge < -0.3 is 15.6 Å². The molecule has 1 aromatic rings. The van der Waals surface area contributed by atoms with Gasteiger partial charge in [-0.25, -0.2) is 0 Å². The summed E-state index contributed by atoms with van der Waals surface area (Å²) in [6.07, 6.45) is 8.45. The summed E-state index contributed by atoms with van der Waals surface area (Å²) in [7, 11) is 0.